The van der Waals surface area contributed by atoms with Crippen LogP contribution in [0.3, 0.4) is 0 Å². The molecule has 0 spiro atoms. The number of nitrogens with one attached hydrogen (secondary N) is 1. The van der Waals surface area contributed by atoms with Crippen molar-refractivity contribution in [3.8, 4) is 0 Å². The van der Waals surface area contributed by atoms with Crippen molar-refractivity contribution >= 4 is 79.8 Å². The van der Waals surface area contributed by atoms with Crippen LogP contribution in [0.2, 0.25) is 5.02 Å². The van der Waals surface area contributed by atoms with Gasteiger partial charge in [0.05, 0.1) is 14.5 Å². The zero-order valence-corrected chi connectivity index (χ0v) is 15.4. The summed E-state index contributed by atoms with van der Waals surface area (Å²) in [6.45, 7) is 0. The van der Waals surface area contributed by atoms with Crippen molar-refractivity contribution in [1.82, 2.24) is 5.32 Å². The van der Waals surface area contributed by atoms with E-state index in [-0.39, 0.29) is 10.7 Å². The van der Waals surface area contributed by atoms with Gasteiger partial charge in [-0.25, -0.2) is 0 Å². The van der Waals surface area contributed by atoms with Gasteiger partial charge in [0.15, 0.2) is 5.11 Å². The average molecular weight is 428 g/mol. The highest BCUT2D eigenvalue weighted by Crippen LogP contribution is 2.30. The maximum absolute atomic E-state index is 12.8. The van der Waals surface area contributed by atoms with E-state index in [0.29, 0.717) is 10.7 Å². The van der Waals surface area contributed by atoms with Gasteiger partial charge in [-0.05, 0) is 58.5 Å². The Kier molecular flexibility index (Phi) is 4.63. The molecule has 0 radical (unpaired) electrons. The highest BCUT2D eigenvalue weighted by Gasteiger charge is 2.35. The monoisotopic (exact) mass is 426 g/mol. The van der Waals surface area contributed by atoms with Crippen molar-refractivity contribution in [2.24, 2.45) is 0 Å². The van der Waals surface area contributed by atoms with Crippen LogP contribution in [0.25, 0.3) is 6.08 Å². The molecule has 23 heavy (non-hydrogen) atoms. The fourth-order valence-corrected chi connectivity index (χ4v) is 3.92. The van der Waals surface area contributed by atoms with Gasteiger partial charge in [0.25, 0.3) is 11.8 Å². The Bertz CT molecular complexity index is 863. The average Bonchev–Trinajstić information content (AvgIpc) is 2.91. The molecule has 1 aliphatic rings. The Morgan fingerprint density at radius 3 is 2.61 bits per heavy atom. The maximum atomic E-state index is 12.8. The zero-order chi connectivity index (χ0) is 16.6. The number of rotatable bonds is 2. The molecule has 1 aliphatic heterocycles. The summed E-state index contributed by atoms with van der Waals surface area (Å²) >= 11 is 16.0. The minimum atomic E-state index is -0.521. The maximum Gasteiger partial charge on any atom is 0.270 e. The van der Waals surface area contributed by atoms with Gasteiger partial charge in [-0.1, -0.05) is 23.7 Å². The number of amides is 2. The highest BCUT2D eigenvalue weighted by molar-refractivity contribution is 9.11. The third kappa shape index (κ3) is 3.23. The van der Waals surface area contributed by atoms with Crippen molar-refractivity contribution in [3.63, 3.8) is 0 Å². The first-order valence-corrected chi connectivity index (χ1v) is 8.78. The molecule has 1 fully saturated rings. The number of halogens is 2. The Morgan fingerprint density at radius 2 is 1.96 bits per heavy atom. The van der Waals surface area contributed by atoms with Gasteiger partial charge in [0.1, 0.15) is 5.57 Å². The molecule has 116 valence electrons. The minimum Gasteiger partial charge on any atom is -0.298 e. The van der Waals surface area contributed by atoms with Crippen LogP contribution in [-0.2, 0) is 9.59 Å². The lowest BCUT2D eigenvalue weighted by atomic mass is 10.1. The molecule has 0 unspecified atom stereocenters. The number of carbonyl (C=O) groups excluding carboxylic acids is 2. The molecule has 1 aromatic heterocycles. The molecular weight excluding hydrogens is 420 g/mol. The standard InChI is InChI=1S/C15H8BrClN2O2S2/c16-12-6-5-8(23-12)7-9-13(20)18-15(22)19(14(9)21)11-4-2-1-3-10(11)17/h1-7H,(H,18,20,22)/b9-7+. The van der Waals surface area contributed by atoms with Crippen molar-refractivity contribution < 1.29 is 9.59 Å². The summed E-state index contributed by atoms with van der Waals surface area (Å²) in [7, 11) is 0. The van der Waals surface area contributed by atoms with Gasteiger partial charge in [0.2, 0.25) is 0 Å². The SMILES string of the molecule is O=C1NC(=S)N(c2ccccc2Cl)C(=O)/C1=C/c1ccc(Br)s1. The van der Waals surface area contributed by atoms with E-state index < -0.39 is 11.8 Å². The van der Waals surface area contributed by atoms with Gasteiger partial charge >= 0.3 is 0 Å². The molecule has 0 saturated carbocycles. The van der Waals surface area contributed by atoms with Crippen molar-refractivity contribution in [2.45, 2.75) is 0 Å². The third-order valence-corrected chi connectivity index (χ3v) is 5.25. The quantitative estimate of drug-likeness (QED) is 0.448. The highest BCUT2D eigenvalue weighted by atomic mass is 79.9. The predicted molar refractivity (Wildman–Crippen MR) is 99.7 cm³/mol. The Labute approximate surface area is 154 Å². The van der Waals surface area contributed by atoms with Crippen molar-refractivity contribution in [2.75, 3.05) is 4.90 Å². The van der Waals surface area contributed by atoms with Crippen LogP contribution in [0, 0.1) is 0 Å². The fourth-order valence-electron chi connectivity index (χ4n) is 2.06. The first kappa shape index (κ1) is 16.3. The molecule has 8 heteroatoms. The van der Waals surface area contributed by atoms with Gasteiger partial charge in [-0.15, -0.1) is 11.3 Å². The smallest absolute Gasteiger partial charge is 0.270 e. The number of hydrogen-bond donors (Lipinski definition) is 1. The normalized spacial score (nSPS) is 16.9. The van der Waals surface area contributed by atoms with Gasteiger partial charge in [-0.3, -0.25) is 19.8 Å². The second kappa shape index (κ2) is 6.52. The van der Waals surface area contributed by atoms with Crippen LogP contribution >= 0.6 is 51.1 Å². The van der Waals surface area contributed by atoms with Crippen molar-refractivity contribution in [3.05, 3.63) is 55.7 Å². The summed E-state index contributed by atoms with van der Waals surface area (Å²) in [5, 5.41) is 2.91. The summed E-state index contributed by atoms with van der Waals surface area (Å²) in [6.07, 6.45) is 1.54. The Morgan fingerprint density at radius 1 is 1.22 bits per heavy atom. The minimum absolute atomic E-state index is 0.00729. The van der Waals surface area contributed by atoms with Crippen LogP contribution in [0.4, 0.5) is 5.69 Å². The van der Waals surface area contributed by atoms with E-state index in [4.69, 9.17) is 23.8 Å². The number of carbonyl (C=O) groups is 2. The second-order valence-corrected chi connectivity index (χ2v) is 7.84. The number of benzene rings is 1. The Balaban J connectivity index is 2.04. The van der Waals surface area contributed by atoms with E-state index in [1.54, 1.807) is 30.3 Å². The van der Waals surface area contributed by atoms with E-state index >= 15 is 0 Å². The van der Waals surface area contributed by atoms with Gasteiger partial charge in [-0.2, -0.15) is 0 Å². The summed E-state index contributed by atoms with van der Waals surface area (Å²) in [5.41, 5.74) is 0.440. The van der Waals surface area contributed by atoms with E-state index in [2.05, 4.69) is 21.2 Å². The molecule has 0 aliphatic carbocycles. The lowest BCUT2D eigenvalue weighted by Gasteiger charge is -2.29. The van der Waals surface area contributed by atoms with Crippen LogP contribution in [0.5, 0.6) is 0 Å². The number of thiophene rings is 1. The predicted octanol–water partition coefficient (Wildman–Crippen LogP) is 4.00. The lowest BCUT2D eigenvalue weighted by Crippen LogP contribution is -2.54. The molecule has 2 heterocycles. The zero-order valence-electron chi connectivity index (χ0n) is 11.4. The van der Waals surface area contributed by atoms with Crippen molar-refractivity contribution in [1.29, 1.82) is 0 Å². The number of nitrogens with zero attached hydrogens (tertiary/aromatic N) is 1. The molecule has 0 bridgehead atoms. The number of para-hydroxylation sites is 1. The largest absolute Gasteiger partial charge is 0.298 e. The lowest BCUT2D eigenvalue weighted by molar-refractivity contribution is -0.122. The Hall–Kier alpha value is -1.54. The summed E-state index contributed by atoms with van der Waals surface area (Å²) < 4.78 is 0.909. The molecule has 1 saturated heterocycles. The van der Waals surface area contributed by atoms with Gasteiger partial charge < -0.3 is 0 Å². The van der Waals surface area contributed by atoms with Crippen LogP contribution in [0.1, 0.15) is 4.88 Å². The molecule has 0 atom stereocenters. The summed E-state index contributed by atoms with van der Waals surface area (Å²) in [4.78, 5) is 26.9. The van der Waals surface area contributed by atoms with Gasteiger partial charge in [0, 0.05) is 4.88 Å². The van der Waals surface area contributed by atoms with Crippen LogP contribution in [0.15, 0.2) is 45.8 Å². The first-order valence-electron chi connectivity index (χ1n) is 6.38. The second-order valence-electron chi connectivity index (χ2n) is 4.55. The molecule has 2 amide bonds. The molecule has 1 aromatic carbocycles. The van der Waals surface area contributed by atoms with E-state index in [1.807, 2.05) is 12.1 Å². The molecule has 2 aromatic rings. The molecule has 3 rings (SSSR count). The van der Waals surface area contributed by atoms with Crippen LogP contribution in [-0.4, -0.2) is 16.9 Å². The number of thiocarbonyl (C=S) groups is 1. The molecular formula is C15H8BrClN2O2S2. The van der Waals surface area contributed by atoms with Crippen LogP contribution < -0.4 is 10.2 Å². The summed E-state index contributed by atoms with van der Waals surface area (Å²) in [5.74, 6) is -1.02. The number of anilines is 1. The topological polar surface area (TPSA) is 49.4 Å². The van der Waals surface area contributed by atoms with E-state index in [1.165, 1.54) is 16.2 Å². The fraction of sp³-hybridized carbons (Fsp3) is 0. The van der Waals surface area contributed by atoms with E-state index in [9.17, 15) is 9.59 Å². The molecule has 4 nitrogen and oxygen atoms in total. The first-order chi connectivity index (χ1) is 11.0. The number of hydrogen-bond acceptors (Lipinski definition) is 4. The van der Waals surface area contributed by atoms with E-state index in [0.717, 1.165) is 8.66 Å². The summed E-state index contributed by atoms with van der Waals surface area (Å²) in [6, 6.07) is 10.5. The third-order valence-electron chi connectivity index (χ3n) is 3.08. The molecule has 1 N–H and O–H groups in total.